The highest BCUT2D eigenvalue weighted by Crippen LogP contribution is 2.20. The van der Waals surface area contributed by atoms with E-state index in [0.717, 1.165) is 26.2 Å². The summed E-state index contributed by atoms with van der Waals surface area (Å²) in [6.45, 7) is 8.47. The van der Waals surface area contributed by atoms with Crippen LogP contribution in [-0.4, -0.2) is 44.1 Å². The second-order valence-corrected chi connectivity index (χ2v) is 5.52. The number of hydrogen-bond donors (Lipinski definition) is 0. The van der Waals surface area contributed by atoms with E-state index in [-0.39, 0.29) is 0 Å². The molecule has 3 heterocycles. The molecule has 1 aliphatic heterocycles. The maximum absolute atomic E-state index is 4.43. The van der Waals surface area contributed by atoms with Crippen molar-refractivity contribution in [2.45, 2.75) is 32.9 Å². The molecule has 2 aromatic heterocycles. The summed E-state index contributed by atoms with van der Waals surface area (Å²) < 4.78 is 4.15. The Balaban J connectivity index is 1.52. The lowest BCUT2D eigenvalue weighted by Crippen LogP contribution is -2.26. The average molecular weight is 259 g/mol. The van der Waals surface area contributed by atoms with Gasteiger partial charge in [-0.25, -0.2) is 0 Å². The Bertz CT molecular complexity index is 542. The predicted octanol–water partition coefficient (Wildman–Crippen LogP) is 1.64. The molecule has 0 bridgehead atoms. The number of likely N-dealkylation sites (tertiary alicyclic amines) is 1. The van der Waals surface area contributed by atoms with E-state index < -0.39 is 0 Å². The summed E-state index contributed by atoms with van der Waals surface area (Å²) in [5.74, 6) is 0. The van der Waals surface area contributed by atoms with Crippen LogP contribution < -0.4 is 0 Å². The number of nitrogens with zero attached hydrogens (tertiary/aromatic N) is 5. The van der Waals surface area contributed by atoms with Gasteiger partial charge in [0, 0.05) is 32.0 Å². The van der Waals surface area contributed by atoms with Gasteiger partial charge in [0.25, 0.3) is 0 Å². The molecule has 1 unspecified atom stereocenters. The van der Waals surface area contributed by atoms with Crippen LogP contribution in [0, 0.1) is 13.8 Å². The van der Waals surface area contributed by atoms with Crippen LogP contribution in [0.5, 0.6) is 0 Å². The Morgan fingerprint density at radius 2 is 1.89 bits per heavy atom. The van der Waals surface area contributed by atoms with Crippen LogP contribution in [0.2, 0.25) is 0 Å². The van der Waals surface area contributed by atoms with Crippen molar-refractivity contribution in [3.63, 3.8) is 0 Å². The van der Waals surface area contributed by atoms with Gasteiger partial charge in [-0.1, -0.05) is 0 Å². The first-order chi connectivity index (χ1) is 9.20. The zero-order valence-electron chi connectivity index (χ0n) is 11.7. The third-order valence-corrected chi connectivity index (χ3v) is 3.76. The third-order valence-electron chi connectivity index (χ3n) is 3.76. The standard InChI is InChI=1S/C14H21N5/c1-12-7-15-18(9-12)6-5-17-4-3-14(11-17)19-10-13(2)8-16-19/h7-10,14H,3-6,11H2,1-2H3. The second kappa shape index (κ2) is 5.17. The Morgan fingerprint density at radius 1 is 1.11 bits per heavy atom. The van der Waals surface area contributed by atoms with E-state index in [1.54, 1.807) is 0 Å². The van der Waals surface area contributed by atoms with Gasteiger partial charge < -0.3 is 0 Å². The van der Waals surface area contributed by atoms with E-state index in [0.29, 0.717) is 6.04 Å². The Kier molecular flexibility index (Phi) is 3.38. The van der Waals surface area contributed by atoms with Crippen LogP contribution in [0.15, 0.2) is 24.8 Å². The molecule has 1 fully saturated rings. The molecule has 0 aromatic carbocycles. The summed E-state index contributed by atoms with van der Waals surface area (Å²) in [5.41, 5.74) is 2.47. The normalized spacial score (nSPS) is 20.2. The predicted molar refractivity (Wildman–Crippen MR) is 74.0 cm³/mol. The summed E-state index contributed by atoms with van der Waals surface area (Å²) in [5, 5.41) is 8.76. The Labute approximate surface area is 113 Å². The van der Waals surface area contributed by atoms with Gasteiger partial charge in [-0.3, -0.25) is 14.3 Å². The van der Waals surface area contributed by atoms with Crippen molar-refractivity contribution in [3.05, 3.63) is 35.9 Å². The van der Waals surface area contributed by atoms with Crippen molar-refractivity contribution in [3.8, 4) is 0 Å². The minimum atomic E-state index is 0.535. The molecule has 102 valence electrons. The Hall–Kier alpha value is -1.62. The van der Waals surface area contributed by atoms with Crippen molar-refractivity contribution in [1.29, 1.82) is 0 Å². The summed E-state index contributed by atoms with van der Waals surface area (Å²) >= 11 is 0. The highest BCUT2D eigenvalue weighted by molar-refractivity contribution is 5.01. The number of hydrogen-bond acceptors (Lipinski definition) is 3. The SMILES string of the molecule is Cc1cnn(CCN2CCC(n3cc(C)cn3)C2)c1. The van der Waals surface area contributed by atoms with Crippen LogP contribution in [-0.2, 0) is 6.54 Å². The fraction of sp³-hybridized carbons (Fsp3) is 0.571. The van der Waals surface area contributed by atoms with Crippen molar-refractivity contribution in [2.24, 2.45) is 0 Å². The van der Waals surface area contributed by atoms with Crippen LogP contribution >= 0.6 is 0 Å². The first-order valence-corrected chi connectivity index (χ1v) is 6.93. The maximum atomic E-state index is 4.43. The zero-order valence-corrected chi connectivity index (χ0v) is 11.7. The first kappa shape index (κ1) is 12.4. The van der Waals surface area contributed by atoms with Gasteiger partial charge in [-0.2, -0.15) is 10.2 Å². The van der Waals surface area contributed by atoms with Gasteiger partial charge in [0.05, 0.1) is 25.0 Å². The largest absolute Gasteiger partial charge is 0.299 e. The molecule has 0 saturated carbocycles. The Morgan fingerprint density at radius 3 is 2.58 bits per heavy atom. The zero-order chi connectivity index (χ0) is 13.2. The molecule has 2 aromatic rings. The minimum absolute atomic E-state index is 0.535. The molecule has 0 spiro atoms. The molecule has 0 amide bonds. The molecule has 5 nitrogen and oxygen atoms in total. The van der Waals surface area contributed by atoms with E-state index >= 15 is 0 Å². The molecular formula is C14H21N5. The number of rotatable bonds is 4. The van der Waals surface area contributed by atoms with Crippen molar-refractivity contribution in [2.75, 3.05) is 19.6 Å². The van der Waals surface area contributed by atoms with Gasteiger partial charge in [-0.05, 0) is 31.4 Å². The lowest BCUT2D eigenvalue weighted by molar-refractivity contribution is 0.300. The molecule has 1 saturated heterocycles. The molecule has 1 atom stereocenters. The molecule has 5 heteroatoms. The molecule has 0 radical (unpaired) electrons. The van der Waals surface area contributed by atoms with Crippen LogP contribution in [0.3, 0.4) is 0 Å². The number of aromatic nitrogens is 4. The molecule has 0 N–H and O–H groups in total. The molecule has 19 heavy (non-hydrogen) atoms. The van der Waals surface area contributed by atoms with Gasteiger partial charge in [0.2, 0.25) is 0 Å². The molecule has 1 aliphatic rings. The molecule has 3 rings (SSSR count). The van der Waals surface area contributed by atoms with E-state index in [4.69, 9.17) is 0 Å². The topological polar surface area (TPSA) is 38.9 Å². The monoisotopic (exact) mass is 259 g/mol. The smallest absolute Gasteiger partial charge is 0.0658 e. The maximum Gasteiger partial charge on any atom is 0.0658 e. The van der Waals surface area contributed by atoms with E-state index in [2.05, 4.69) is 46.0 Å². The lowest BCUT2D eigenvalue weighted by atomic mass is 10.3. The van der Waals surface area contributed by atoms with E-state index in [1.165, 1.54) is 17.5 Å². The van der Waals surface area contributed by atoms with Gasteiger partial charge in [0.15, 0.2) is 0 Å². The van der Waals surface area contributed by atoms with Crippen molar-refractivity contribution >= 4 is 0 Å². The quantitative estimate of drug-likeness (QED) is 0.838. The van der Waals surface area contributed by atoms with Gasteiger partial charge in [-0.15, -0.1) is 0 Å². The fourth-order valence-electron chi connectivity index (χ4n) is 2.70. The average Bonchev–Trinajstić information content (AvgIpc) is 3.07. The summed E-state index contributed by atoms with van der Waals surface area (Å²) in [6.07, 6.45) is 9.29. The number of aryl methyl sites for hydroxylation is 2. The van der Waals surface area contributed by atoms with Crippen molar-refractivity contribution < 1.29 is 0 Å². The van der Waals surface area contributed by atoms with Crippen LogP contribution in [0.25, 0.3) is 0 Å². The fourth-order valence-corrected chi connectivity index (χ4v) is 2.70. The van der Waals surface area contributed by atoms with E-state index in [9.17, 15) is 0 Å². The molecule has 0 aliphatic carbocycles. The summed E-state index contributed by atoms with van der Waals surface area (Å²) in [6, 6.07) is 0.535. The van der Waals surface area contributed by atoms with Gasteiger partial charge >= 0.3 is 0 Å². The highest BCUT2D eigenvalue weighted by atomic mass is 15.3. The third kappa shape index (κ3) is 2.87. The minimum Gasteiger partial charge on any atom is -0.299 e. The highest BCUT2D eigenvalue weighted by Gasteiger charge is 2.23. The van der Waals surface area contributed by atoms with Crippen LogP contribution in [0.4, 0.5) is 0 Å². The van der Waals surface area contributed by atoms with Crippen LogP contribution in [0.1, 0.15) is 23.6 Å². The molecular weight excluding hydrogens is 238 g/mol. The van der Waals surface area contributed by atoms with E-state index in [1.807, 2.05) is 17.1 Å². The van der Waals surface area contributed by atoms with Crippen molar-refractivity contribution in [1.82, 2.24) is 24.5 Å². The lowest BCUT2D eigenvalue weighted by Gasteiger charge is -2.16. The van der Waals surface area contributed by atoms with Gasteiger partial charge in [0.1, 0.15) is 0 Å². The summed E-state index contributed by atoms with van der Waals surface area (Å²) in [7, 11) is 0. The first-order valence-electron chi connectivity index (χ1n) is 6.93. The second-order valence-electron chi connectivity index (χ2n) is 5.52. The summed E-state index contributed by atoms with van der Waals surface area (Å²) in [4.78, 5) is 2.50.